The van der Waals surface area contributed by atoms with E-state index in [0.717, 1.165) is 0 Å². The van der Waals surface area contributed by atoms with Gasteiger partial charge in [-0.3, -0.25) is 0 Å². The number of nitrogens with zero attached hydrogens (tertiary/aromatic N) is 2. The number of methoxy groups -OCH3 is 1. The third kappa shape index (κ3) is 4.27. The number of aromatic nitrogens is 2. The minimum atomic E-state index is -0.397. The Morgan fingerprint density at radius 2 is 2.08 bits per heavy atom. The van der Waals surface area contributed by atoms with Crippen LogP contribution in [-0.2, 0) is 6.54 Å². The number of halogens is 1. The van der Waals surface area contributed by atoms with E-state index in [-0.39, 0.29) is 12.4 Å². The van der Waals surface area contributed by atoms with Crippen molar-refractivity contribution in [3.63, 3.8) is 0 Å². The monoisotopic (exact) mass is 358 g/mol. The number of amides is 2. The summed E-state index contributed by atoms with van der Waals surface area (Å²) in [4.78, 5) is 16.2. The molecule has 2 amide bonds. The van der Waals surface area contributed by atoms with Crippen LogP contribution >= 0.6 is 11.6 Å². The van der Waals surface area contributed by atoms with Gasteiger partial charge in [-0.1, -0.05) is 35.0 Å². The van der Waals surface area contributed by atoms with Gasteiger partial charge in [-0.2, -0.15) is 4.98 Å². The third-order valence-electron chi connectivity index (χ3n) is 3.31. The maximum absolute atomic E-state index is 11.9. The summed E-state index contributed by atoms with van der Waals surface area (Å²) in [6.07, 6.45) is 0. The average Bonchev–Trinajstić information content (AvgIpc) is 3.09. The predicted molar refractivity (Wildman–Crippen MR) is 93.6 cm³/mol. The van der Waals surface area contributed by atoms with E-state index in [1.165, 1.54) is 0 Å². The Morgan fingerprint density at radius 3 is 2.88 bits per heavy atom. The van der Waals surface area contributed by atoms with E-state index in [2.05, 4.69) is 20.8 Å². The number of urea groups is 1. The van der Waals surface area contributed by atoms with Gasteiger partial charge >= 0.3 is 6.03 Å². The van der Waals surface area contributed by atoms with Crippen molar-refractivity contribution in [1.29, 1.82) is 0 Å². The van der Waals surface area contributed by atoms with Crippen molar-refractivity contribution in [2.75, 3.05) is 12.4 Å². The maximum Gasteiger partial charge on any atom is 0.319 e. The molecule has 3 aromatic rings. The molecule has 128 valence electrons. The van der Waals surface area contributed by atoms with Crippen LogP contribution in [0.15, 0.2) is 53.1 Å². The van der Waals surface area contributed by atoms with Gasteiger partial charge in [0.15, 0.2) is 0 Å². The number of carbonyl (C=O) groups is 1. The van der Waals surface area contributed by atoms with Crippen LogP contribution in [0.3, 0.4) is 0 Å². The molecular weight excluding hydrogens is 344 g/mol. The minimum absolute atomic E-state index is 0.0905. The largest absolute Gasteiger partial charge is 0.497 e. The third-order valence-corrected chi connectivity index (χ3v) is 3.64. The maximum atomic E-state index is 11.9. The van der Waals surface area contributed by atoms with E-state index in [1.807, 2.05) is 12.1 Å². The molecule has 0 atom stereocenters. The van der Waals surface area contributed by atoms with Crippen LogP contribution in [0.1, 0.15) is 5.89 Å². The molecule has 25 heavy (non-hydrogen) atoms. The van der Waals surface area contributed by atoms with Crippen LogP contribution < -0.4 is 15.4 Å². The fourth-order valence-electron chi connectivity index (χ4n) is 2.11. The Hall–Kier alpha value is -3.06. The van der Waals surface area contributed by atoms with E-state index < -0.39 is 6.03 Å². The van der Waals surface area contributed by atoms with Gasteiger partial charge in [0, 0.05) is 17.3 Å². The van der Waals surface area contributed by atoms with Gasteiger partial charge in [0.05, 0.1) is 18.7 Å². The van der Waals surface area contributed by atoms with Crippen molar-refractivity contribution >= 4 is 23.3 Å². The molecule has 0 aliphatic carbocycles. The Bertz CT molecular complexity index is 882. The lowest BCUT2D eigenvalue weighted by atomic mass is 10.2. The first-order valence-corrected chi connectivity index (χ1v) is 7.80. The summed E-state index contributed by atoms with van der Waals surface area (Å²) < 4.78 is 10.2. The Morgan fingerprint density at radius 1 is 1.24 bits per heavy atom. The zero-order chi connectivity index (χ0) is 17.6. The van der Waals surface area contributed by atoms with E-state index in [4.69, 9.17) is 20.9 Å². The standard InChI is InChI=1S/C17H15ClN4O3/c1-24-12-6-4-5-11(9-12)20-17(23)19-10-15-21-16(22-25-15)13-7-2-3-8-14(13)18/h2-9H,10H2,1H3,(H2,19,20,23). The quantitative estimate of drug-likeness (QED) is 0.725. The molecule has 0 aliphatic heterocycles. The summed E-state index contributed by atoms with van der Waals surface area (Å²) in [6.45, 7) is 0.0905. The van der Waals surface area contributed by atoms with Gasteiger partial charge in [0.25, 0.3) is 0 Å². The molecule has 3 rings (SSSR count). The molecule has 0 saturated heterocycles. The Kier molecular flexibility index (Phi) is 5.15. The summed E-state index contributed by atoms with van der Waals surface area (Å²) in [6, 6.07) is 13.8. The lowest BCUT2D eigenvalue weighted by Crippen LogP contribution is -2.28. The summed E-state index contributed by atoms with van der Waals surface area (Å²) in [7, 11) is 1.56. The molecule has 0 aliphatic rings. The van der Waals surface area contributed by atoms with E-state index in [0.29, 0.717) is 27.8 Å². The molecule has 0 fully saturated rings. The number of anilines is 1. The minimum Gasteiger partial charge on any atom is -0.497 e. The number of ether oxygens (including phenoxy) is 1. The van der Waals surface area contributed by atoms with Crippen molar-refractivity contribution < 1.29 is 14.1 Å². The second kappa shape index (κ2) is 7.67. The summed E-state index contributed by atoms with van der Waals surface area (Å²) in [5.74, 6) is 1.30. The van der Waals surface area contributed by atoms with Crippen LogP contribution in [0.5, 0.6) is 5.75 Å². The van der Waals surface area contributed by atoms with Crippen molar-refractivity contribution in [1.82, 2.24) is 15.5 Å². The van der Waals surface area contributed by atoms with Crippen LogP contribution in [0.25, 0.3) is 11.4 Å². The predicted octanol–water partition coefficient (Wildman–Crippen LogP) is 3.72. The number of nitrogens with one attached hydrogen (secondary N) is 2. The first kappa shape index (κ1) is 16.8. The molecule has 8 heteroatoms. The van der Waals surface area contributed by atoms with Gasteiger partial charge in [0.2, 0.25) is 11.7 Å². The molecule has 2 aromatic carbocycles. The molecular formula is C17H15ClN4O3. The number of carbonyl (C=O) groups excluding carboxylic acids is 1. The van der Waals surface area contributed by atoms with Gasteiger partial charge < -0.3 is 19.9 Å². The Balaban J connectivity index is 1.58. The van der Waals surface area contributed by atoms with Crippen molar-refractivity contribution in [3.8, 4) is 17.1 Å². The second-order valence-corrected chi connectivity index (χ2v) is 5.44. The molecule has 1 aromatic heterocycles. The fourth-order valence-corrected chi connectivity index (χ4v) is 2.33. The zero-order valence-corrected chi connectivity index (χ0v) is 14.1. The number of hydrogen-bond donors (Lipinski definition) is 2. The van der Waals surface area contributed by atoms with Gasteiger partial charge in [-0.05, 0) is 24.3 Å². The Labute approximate surface area is 149 Å². The molecule has 1 heterocycles. The number of rotatable bonds is 5. The van der Waals surface area contributed by atoms with Gasteiger partial charge in [-0.15, -0.1) is 0 Å². The molecule has 0 saturated carbocycles. The smallest absolute Gasteiger partial charge is 0.319 e. The van der Waals surface area contributed by atoms with Gasteiger partial charge in [-0.25, -0.2) is 4.79 Å². The molecule has 0 radical (unpaired) electrons. The number of benzene rings is 2. The molecule has 0 unspecified atom stereocenters. The topological polar surface area (TPSA) is 89.3 Å². The van der Waals surface area contributed by atoms with Crippen molar-refractivity contribution in [3.05, 3.63) is 59.4 Å². The van der Waals surface area contributed by atoms with Crippen LogP contribution in [0.2, 0.25) is 5.02 Å². The average molecular weight is 359 g/mol. The highest BCUT2D eigenvalue weighted by Gasteiger charge is 2.12. The highest BCUT2D eigenvalue weighted by atomic mass is 35.5. The van der Waals surface area contributed by atoms with Crippen LogP contribution in [-0.4, -0.2) is 23.3 Å². The van der Waals surface area contributed by atoms with Crippen molar-refractivity contribution in [2.45, 2.75) is 6.54 Å². The number of hydrogen-bond acceptors (Lipinski definition) is 5. The summed E-state index contributed by atoms with van der Waals surface area (Å²) in [5, 5.41) is 9.74. The van der Waals surface area contributed by atoms with E-state index in [1.54, 1.807) is 43.5 Å². The molecule has 7 nitrogen and oxygen atoms in total. The SMILES string of the molecule is COc1cccc(NC(=O)NCc2nc(-c3ccccc3Cl)no2)c1. The molecule has 2 N–H and O–H groups in total. The summed E-state index contributed by atoms with van der Waals surface area (Å²) in [5.41, 5.74) is 1.28. The van der Waals surface area contributed by atoms with Crippen molar-refractivity contribution in [2.24, 2.45) is 0 Å². The molecule has 0 spiro atoms. The summed E-state index contributed by atoms with van der Waals surface area (Å²) >= 11 is 6.10. The van der Waals surface area contributed by atoms with E-state index >= 15 is 0 Å². The highest BCUT2D eigenvalue weighted by molar-refractivity contribution is 6.33. The normalized spacial score (nSPS) is 10.3. The fraction of sp³-hybridized carbons (Fsp3) is 0.118. The lowest BCUT2D eigenvalue weighted by molar-refractivity contribution is 0.249. The highest BCUT2D eigenvalue weighted by Crippen LogP contribution is 2.24. The zero-order valence-electron chi connectivity index (χ0n) is 13.3. The second-order valence-electron chi connectivity index (χ2n) is 5.03. The van der Waals surface area contributed by atoms with E-state index in [9.17, 15) is 4.79 Å². The van der Waals surface area contributed by atoms with Gasteiger partial charge in [0.1, 0.15) is 5.75 Å². The first-order chi connectivity index (χ1) is 12.2. The van der Waals surface area contributed by atoms with Crippen LogP contribution in [0.4, 0.5) is 10.5 Å². The first-order valence-electron chi connectivity index (χ1n) is 7.42. The van der Waals surface area contributed by atoms with Crippen LogP contribution in [0, 0.1) is 0 Å². The molecule has 0 bridgehead atoms. The lowest BCUT2D eigenvalue weighted by Gasteiger charge is -2.07.